The molecular weight excluding hydrogens is 709 g/mol. The topological polar surface area (TPSA) is 70.4 Å². The molecule has 0 aliphatic carbocycles. The molecule has 3 heterocycles. The number of nitriles is 1. The molecule has 1 unspecified atom stereocenters. The SMILES string of the molecule is N#Cc1ccc(-c2ccc3c4ccccc4n(-c4ccc5c6ccccc6n(-c6ccccc6C6N=C(c7ccccc7)N=C(c7ccccc7)N6)c5c4)c3c2)cc1. The Balaban J connectivity index is 1.12. The van der Waals surface area contributed by atoms with E-state index in [0.29, 0.717) is 11.4 Å². The van der Waals surface area contributed by atoms with Crippen LogP contribution in [-0.4, -0.2) is 20.8 Å². The largest absolute Gasteiger partial charge is 0.344 e. The van der Waals surface area contributed by atoms with Crippen molar-refractivity contribution in [3.05, 3.63) is 216 Å². The molecule has 0 amide bonds. The Kier molecular flexibility index (Phi) is 7.83. The normalized spacial score (nSPS) is 14.0. The molecule has 1 aliphatic heterocycles. The lowest BCUT2D eigenvalue weighted by atomic mass is 10.0. The molecule has 272 valence electrons. The third-order valence-corrected chi connectivity index (χ3v) is 11.2. The zero-order chi connectivity index (χ0) is 38.6. The third kappa shape index (κ3) is 5.49. The third-order valence-electron chi connectivity index (χ3n) is 11.2. The van der Waals surface area contributed by atoms with Crippen LogP contribution >= 0.6 is 0 Å². The van der Waals surface area contributed by atoms with Crippen LogP contribution in [-0.2, 0) is 0 Å². The second kappa shape index (κ2) is 13.6. The Hall–Kier alpha value is -8.01. The summed E-state index contributed by atoms with van der Waals surface area (Å²) in [5, 5.41) is 17.9. The van der Waals surface area contributed by atoms with Crippen molar-refractivity contribution in [3.63, 3.8) is 0 Å². The lowest BCUT2D eigenvalue weighted by Crippen LogP contribution is -2.34. The number of amidine groups is 2. The monoisotopic (exact) mass is 742 g/mol. The Morgan fingerprint density at radius 2 is 1.03 bits per heavy atom. The molecule has 0 spiro atoms. The van der Waals surface area contributed by atoms with Gasteiger partial charge in [-0.15, -0.1) is 0 Å². The van der Waals surface area contributed by atoms with E-state index in [1.54, 1.807) is 0 Å². The van der Waals surface area contributed by atoms with Crippen molar-refractivity contribution in [2.75, 3.05) is 0 Å². The fourth-order valence-corrected chi connectivity index (χ4v) is 8.51. The highest BCUT2D eigenvalue weighted by molar-refractivity contribution is 6.14. The first-order chi connectivity index (χ1) is 28.7. The van der Waals surface area contributed by atoms with Crippen LogP contribution in [0.15, 0.2) is 204 Å². The molecule has 6 nitrogen and oxygen atoms in total. The van der Waals surface area contributed by atoms with Gasteiger partial charge in [-0.05, 0) is 59.7 Å². The maximum absolute atomic E-state index is 9.42. The molecule has 0 fully saturated rings. The van der Waals surface area contributed by atoms with E-state index >= 15 is 0 Å². The van der Waals surface area contributed by atoms with E-state index in [4.69, 9.17) is 9.98 Å². The van der Waals surface area contributed by atoms with E-state index in [0.717, 1.165) is 67.1 Å². The highest BCUT2D eigenvalue weighted by Gasteiger charge is 2.25. The van der Waals surface area contributed by atoms with Crippen molar-refractivity contribution in [1.82, 2.24) is 14.5 Å². The van der Waals surface area contributed by atoms with Gasteiger partial charge in [0, 0.05) is 43.9 Å². The maximum Gasteiger partial charge on any atom is 0.159 e. The Morgan fingerprint density at radius 1 is 0.466 bits per heavy atom. The van der Waals surface area contributed by atoms with Crippen molar-refractivity contribution < 1.29 is 0 Å². The predicted octanol–water partition coefficient (Wildman–Crippen LogP) is 11.9. The number of aliphatic imine (C=N–C) groups is 2. The predicted molar refractivity (Wildman–Crippen MR) is 237 cm³/mol. The van der Waals surface area contributed by atoms with Gasteiger partial charge in [-0.1, -0.05) is 146 Å². The smallest absolute Gasteiger partial charge is 0.159 e. The molecule has 58 heavy (non-hydrogen) atoms. The van der Waals surface area contributed by atoms with E-state index in [2.05, 4.69) is 154 Å². The van der Waals surface area contributed by atoms with Gasteiger partial charge in [0.2, 0.25) is 0 Å². The van der Waals surface area contributed by atoms with Crippen molar-refractivity contribution in [2.24, 2.45) is 9.98 Å². The van der Waals surface area contributed by atoms with Crippen LogP contribution in [0.1, 0.15) is 28.4 Å². The molecule has 10 aromatic rings. The second-order valence-electron chi connectivity index (χ2n) is 14.6. The number of aromatic nitrogens is 2. The second-order valence-corrected chi connectivity index (χ2v) is 14.6. The number of hydrogen-bond donors (Lipinski definition) is 1. The van der Waals surface area contributed by atoms with Crippen molar-refractivity contribution >= 4 is 55.3 Å². The molecule has 6 heteroatoms. The summed E-state index contributed by atoms with van der Waals surface area (Å²) in [6.07, 6.45) is -0.406. The molecule has 8 aromatic carbocycles. The summed E-state index contributed by atoms with van der Waals surface area (Å²) in [5.74, 6) is 1.47. The molecule has 1 N–H and O–H groups in total. The van der Waals surface area contributed by atoms with Gasteiger partial charge < -0.3 is 14.5 Å². The standard InChI is InChI=1S/C52H34N6/c53-33-34-23-25-35(26-24-34)38-27-29-42-40-17-7-10-20-45(40)57(48(42)31-38)39-28-30-43-41-18-8-11-21-46(41)58(49(43)32-39)47-22-12-9-19-44(47)52-55-50(36-13-3-1-4-14-36)54-51(56-52)37-15-5-2-6-16-37/h1-32,52H,(H,54,55,56). The van der Waals surface area contributed by atoms with Crippen LogP contribution in [0.2, 0.25) is 0 Å². The fourth-order valence-electron chi connectivity index (χ4n) is 8.51. The average molecular weight is 743 g/mol. The van der Waals surface area contributed by atoms with Gasteiger partial charge in [0.05, 0.1) is 39.4 Å². The number of fused-ring (bicyclic) bond motifs is 6. The summed E-state index contributed by atoms with van der Waals surface area (Å²) < 4.78 is 4.78. The van der Waals surface area contributed by atoms with Gasteiger partial charge >= 0.3 is 0 Å². The van der Waals surface area contributed by atoms with Gasteiger partial charge in [0.1, 0.15) is 12.0 Å². The molecule has 2 aromatic heterocycles. The summed E-state index contributed by atoms with van der Waals surface area (Å²) in [6, 6.07) is 69.9. The Bertz CT molecular complexity index is 3310. The highest BCUT2D eigenvalue weighted by atomic mass is 15.2. The molecule has 0 radical (unpaired) electrons. The lowest BCUT2D eigenvalue weighted by Gasteiger charge is -2.26. The molecule has 0 bridgehead atoms. The maximum atomic E-state index is 9.42. The highest BCUT2D eigenvalue weighted by Crippen LogP contribution is 2.39. The van der Waals surface area contributed by atoms with Crippen LogP contribution in [0, 0.1) is 11.3 Å². The van der Waals surface area contributed by atoms with Crippen LogP contribution in [0.4, 0.5) is 0 Å². The molecule has 0 saturated carbocycles. The van der Waals surface area contributed by atoms with Crippen LogP contribution in [0.3, 0.4) is 0 Å². The van der Waals surface area contributed by atoms with Crippen molar-refractivity contribution in [3.8, 4) is 28.6 Å². The van der Waals surface area contributed by atoms with Gasteiger partial charge in [0.25, 0.3) is 0 Å². The van der Waals surface area contributed by atoms with E-state index in [1.807, 2.05) is 60.7 Å². The van der Waals surface area contributed by atoms with Crippen molar-refractivity contribution in [1.29, 1.82) is 5.26 Å². The van der Waals surface area contributed by atoms with E-state index < -0.39 is 6.17 Å². The van der Waals surface area contributed by atoms with E-state index in [1.165, 1.54) is 21.5 Å². The number of rotatable bonds is 6. The summed E-state index contributed by atoms with van der Waals surface area (Å²) in [6.45, 7) is 0. The zero-order valence-electron chi connectivity index (χ0n) is 31.3. The van der Waals surface area contributed by atoms with E-state index in [-0.39, 0.29) is 0 Å². The van der Waals surface area contributed by atoms with Crippen LogP contribution < -0.4 is 5.32 Å². The average Bonchev–Trinajstić information content (AvgIpc) is 3.81. The van der Waals surface area contributed by atoms with Gasteiger partial charge in [0.15, 0.2) is 5.84 Å². The Labute approximate surface area is 334 Å². The molecule has 1 atom stereocenters. The lowest BCUT2D eigenvalue weighted by molar-refractivity contribution is 0.670. The first-order valence-electron chi connectivity index (χ1n) is 19.4. The van der Waals surface area contributed by atoms with Crippen molar-refractivity contribution in [2.45, 2.75) is 6.17 Å². The summed E-state index contributed by atoms with van der Waals surface area (Å²) >= 11 is 0. The molecule has 1 aliphatic rings. The summed E-state index contributed by atoms with van der Waals surface area (Å²) in [5.41, 5.74) is 12.4. The van der Waals surface area contributed by atoms with Gasteiger partial charge in [-0.2, -0.15) is 5.26 Å². The molecule has 0 saturated heterocycles. The number of nitrogens with zero attached hydrogens (tertiary/aromatic N) is 5. The molecule has 11 rings (SSSR count). The number of benzene rings is 8. The van der Waals surface area contributed by atoms with Crippen LogP contribution in [0.25, 0.3) is 66.1 Å². The zero-order valence-corrected chi connectivity index (χ0v) is 31.3. The minimum absolute atomic E-state index is 0.406. The number of para-hydroxylation sites is 3. The number of nitrogens with one attached hydrogen (secondary N) is 1. The minimum atomic E-state index is -0.406. The Morgan fingerprint density at radius 3 is 1.76 bits per heavy atom. The minimum Gasteiger partial charge on any atom is -0.344 e. The first-order valence-corrected chi connectivity index (χ1v) is 19.4. The fraction of sp³-hybridized carbons (Fsp3) is 0.0192. The van der Waals surface area contributed by atoms with E-state index in [9.17, 15) is 5.26 Å². The summed E-state index contributed by atoms with van der Waals surface area (Å²) in [4.78, 5) is 10.3. The van der Waals surface area contributed by atoms with Crippen LogP contribution in [0.5, 0.6) is 0 Å². The summed E-state index contributed by atoms with van der Waals surface area (Å²) in [7, 11) is 0. The first kappa shape index (κ1) is 33.3. The van der Waals surface area contributed by atoms with Gasteiger partial charge in [-0.25, -0.2) is 9.98 Å². The quantitative estimate of drug-likeness (QED) is 0.184. The number of hydrogen-bond acceptors (Lipinski definition) is 4. The van der Waals surface area contributed by atoms with Gasteiger partial charge in [-0.3, -0.25) is 0 Å². The molecular formula is C52H34N6.